The van der Waals surface area contributed by atoms with Gasteiger partial charge >= 0.3 is 0 Å². The van der Waals surface area contributed by atoms with Gasteiger partial charge in [0.15, 0.2) is 0 Å². The van der Waals surface area contributed by atoms with Crippen LogP contribution in [0.3, 0.4) is 0 Å². The van der Waals surface area contributed by atoms with Gasteiger partial charge in [-0.15, -0.1) is 0 Å². The monoisotopic (exact) mass is 224 g/mol. The van der Waals surface area contributed by atoms with E-state index in [-0.39, 0.29) is 6.61 Å². The smallest absolute Gasteiger partial charge is 0.125 e. The molecule has 0 aromatic heterocycles. The molecular formula is C13H20O3. The maximum Gasteiger partial charge on any atom is 0.125 e. The van der Waals surface area contributed by atoms with E-state index in [2.05, 4.69) is 0 Å². The molecule has 16 heavy (non-hydrogen) atoms. The highest BCUT2D eigenvalue weighted by Gasteiger charge is 2.10. The van der Waals surface area contributed by atoms with Gasteiger partial charge in [-0.25, -0.2) is 0 Å². The SMILES string of the molecule is CCC(O)COc1ccc(C)cc1[C@@H](C)O. The number of ether oxygens (including phenoxy) is 1. The first kappa shape index (κ1) is 13.0. The van der Waals surface area contributed by atoms with Crippen molar-refractivity contribution in [2.75, 3.05) is 6.61 Å². The molecule has 0 spiro atoms. The Morgan fingerprint density at radius 3 is 2.56 bits per heavy atom. The van der Waals surface area contributed by atoms with Gasteiger partial charge in [0, 0.05) is 5.56 Å². The molecule has 0 saturated heterocycles. The number of aryl methyl sites for hydroxylation is 1. The number of aliphatic hydroxyl groups is 2. The number of hydrogen-bond acceptors (Lipinski definition) is 3. The minimum atomic E-state index is -0.561. The summed E-state index contributed by atoms with van der Waals surface area (Å²) in [5, 5.41) is 19.0. The van der Waals surface area contributed by atoms with Gasteiger partial charge in [0.2, 0.25) is 0 Å². The van der Waals surface area contributed by atoms with Gasteiger partial charge in [0.05, 0.1) is 12.2 Å². The minimum absolute atomic E-state index is 0.263. The normalized spacial score (nSPS) is 14.6. The van der Waals surface area contributed by atoms with E-state index in [0.717, 1.165) is 11.1 Å². The molecule has 3 heteroatoms. The largest absolute Gasteiger partial charge is 0.491 e. The molecule has 0 radical (unpaired) electrons. The zero-order valence-corrected chi connectivity index (χ0v) is 10.1. The molecule has 1 rings (SSSR count). The van der Waals surface area contributed by atoms with E-state index in [1.54, 1.807) is 6.92 Å². The summed E-state index contributed by atoms with van der Waals surface area (Å²) < 4.78 is 5.50. The van der Waals surface area contributed by atoms with E-state index in [1.165, 1.54) is 0 Å². The highest BCUT2D eigenvalue weighted by molar-refractivity contribution is 5.38. The molecule has 0 amide bonds. The number of hydrogen-bond donors (Lipinski definition) is 2. The van der Waals surface area contributed by atoms with Crippen LogP contribution >= 0.6 is 0 Å². The summed E-state index contributed by atoms with van der Waals surface area (Å²) in [6.45, 7) is 5.84. The summed E-state index contributed by atoms with van der Waals surface area (Å²) in [5.41, 5.74) is 1.85. The van der Waals surface area contributed by atoms with Crippen LogP contribution in [0.25, 0.3) is 0 Å². The van der Waals surface area contributed by atoms with Crippen molar-refractivity contribution in [3.05, 3.63) is 29.3 Å². The van der Waals surface area contributed by atoms with E-state index >= 15 is 0 Å². The van der Waals surface area contributed by atoms with Crippen LogP contribution in [0, 0.1) is 6.92 Å². The molecular weight excluding hydrogens is 204 g/mol. The van der Waals surface area contributed by atoms with Crippen molar-refractivity contribution < 1.29 is 14.9 Å². The molecule has 0 saturated carbocycles. The molecule has 3 nitrogen and oxygen atoms in total. The van der Waals surface area contributed by atoms with E-state index in [1.807, 2.05) is 32.0 Å². The van der Waals surface area contributed by atoms with Gasteiger partial charge < -0.3 is 14.9 Å². The molecule has 0 aliphatic heterocycles. The Hall–Kier alpha value is -1.06. The second-order valence-electron chi connectivity index (χ2n) is 4.09. The molecule has 0 heterocycles. The van der Waals surface area contributed by atoms with Gasteiger partial charge in [0.25, 0.3) is 0 Å². The fourth-order valence-corrected chi connectivity index (χ4v) is 1.43. The second kappa shape index (κ2) is 5.87. The molecule has 0 aliphatic rings. The Labute approximate surface area is 96.7 Å². The predicted octanol–water partition coefficient (Wildman–Crippen LogP) is 2.20. The average molecular weight is 224 g/mol. The van der Waals surface area contributed by atoms with Crippen molar-refractivity contribution >= 4 is 0 Å². The topological polar surface area (TPSA) is 49.7 Å². The number of benzene rings is 1. The van der Waals surface area contributed by atoms with Crippen molar-refractivity contribution in [2.24, 2.45) is 0 Å². The first-order valence-electron chi connectivity index (χ1n) is 5.64. The Kier molecular flexibility index (Phi) is 4.77. The number of aliphatic hydroxyl groups excluding tert-OH is 2. The van der Waals surface area contributed by atoms with Crippen molar-refractivity contribution in [1.29, 1.82) is 0 Å². The third kappa shape index (κ3) is 3.51. The zero-order chi connectivity index (χ0) is 12.1. The van der Waals surface area contributed by atoms with Crippen LogP contribution < -0.4 is 4.74 Å². The summed E-state index contributed by atoms with van der Waals surface area (Å²) >= 11 is 0. The van der Waals surface area contributed by atoms with E-state index < -0.39 is 12.2 Å². The molecule has 0 aliphatic carbocycles. The van der Waals surface area contributed by atoms with Crippen molar-refractivity contribution in [1.82, 2.24) is 0 Å². The lowest BCUT2D eigenvalue weighted by Crippen LogP contribution is -2.16. The third-order valence-electron chi connectivity index (χ3n) is 2.52. The van der Waals surface area contributed by atoms with E-state index in [9.17, 15) is 10.2 Å². The fourth-order valence-electron chi connectivity index (χ4n) is 1.43. The molecule has 0 fully saturated rings. The van der Waals surface area contributed by atoms with Crippen molar-refractivity contribution in [3.63, 3.8) is 0 Å². The summed E-state index contributed by atoms with van der Waals surface area (Å²) in [4.78, 5) is 0. The van der Waals surface area contributed by atoms with Crippen LogP contribution in [-0.2, 0) is 0 Å². The van der Waals surface area contributed by atoms with Crippen LogP contribution in [0.1, 0.15) is 37.5 Å². The molecule has 2 N–H and O–H groups in total. The highest BCUT2D eigenvalue weighted by Crippen LogP contribution is 2.26. The van der Waals surface area contributed by atoms with Crippen LogP contribution in [0.5, 0.6) is 5.75 Å². The van der Waals surface area contributed by atoms with Crippen LogP contribution in [0.4, 0.5) is 0 Å². The van der Waals surface area contributed by atoms with Crippen LogP contribution in [0.2, 0.25) is 0 Å². The summed E-state index contributed by atoms with van der Waals surface area (Å²) in [6, 6.07) is 5.66. The lowest BCUT2D eigenvalue weighted by Gasteiger charge is -2.16. The maximum atomic E-state index is 9.61. The van der Waals surface area contributed by atoms with Gasteiger partial charge in [-0.3, -0.25) is 0 Å². The van der Waals surface area contributed by atoms with Gasteiger partial charge in [-0.05, 0) is 32.4 Å². The standard InChI is InChI=1S/C13H20O3/c1-4-11(15)8-16-13-6-5-9(2)7-12(13)10(3)14/h5-7,10-11,14-15H,4,8H2,1-3H3/t10-,11?/m1/s1. The minimum Gasteiger partial charge on any atom is -0.491 e. The van der Waals surface area contributed by atoms with Crippen molar-refractivity contribution in [2.45, 2.75) is 39.4 Å². The molecule has 1 unspecified atom stereocenters. The first-order valence-corrected chi connectivity index (χ1v) is 5.64. The van der Waals surface area contributed by atoms with Crippen molar-refractivity contribution in [3.8, 4) is 5.75 Å². The average Bonchev–Trinajstić information content (AvgIpc) is 2.26. The lowest BCUT2D eigenvalue weighted by molar-refractivity contribution is 0.101. The Balaban J connectivity index is 2.78. The molecule has 90 valence electrons. The quantitative estimate of drug-likeness (QED) is 0.806. The highest BCUT2D eigenvalue weighted by atomic mass is 16.5. The summed E-state index contributed by atoms with van der Waals surface area (Å²) in [7, 11) is 0. The molecule has 1 aromatic carbocycles. The molecule has 1 aromatic rings. The van der Waals surface area contributed by atoms with Gasteiger partial charge in [-0.2, -0.15) is 0 Å². The lowest BCUT2D eigenvalue weighted by atomic mass is 10.1. The number of rotatable bonds is 5. The van der Waals surface area contributed by atoms with E-state index in [4.69, 9.17) is 4.74 Å². The van der Waals surface area contributed by atoms with Gasteiger partial charge in [0.1, 0.15) is 12.4 Å². The van der Waals surface area contributed by atoms with E-state index in [0.29, 0.717) is 12.2 Å². The summed E-state index contributed by atoms with van der Waals surface area (Å²) in [6.07, 6.45) is -0.354. The molecule has 0 bridgehead atoms. The van der Waals surface area contributed by atoms with Crippen LogP contribution in [-0.4, -0.2) is 22.9 Å². The first-order chi connectivity index (χ1) is 7.54. The maximum absolute atomic E-state index is 9.61. The molecule has 2 atom stereocenters. The summed E-state index contributed by atoms with van der Waals surface area (Å²) in [5.74, 6) is 0.646. The Bertz CT molecular complexity index is 334. The Morgan fingerprint density at radius 2 is 2.00 bits per heavy atom. The Morgan fingerprint density at radius 1 is 1.31 bits per heavy atom. The zero-order valence-electron chi connectivity index (χ0n) is 10.1. The fraction of sp³-hybridized carbons (Fsp3) is 0.538. The van der Waals surface area contributed by atoms with Gasteiger partial charge in [-0.1, -0.05) is 18.6 Å². The third-order valence-corrected chi connectivity index (χ3v) is 2.52. The predicted molar refractivity (Wildman–Crippen MR) is 63.6 cm³/mol. The van der Waals surface area contributed by atoms with Crippen LogP contribution in [0.15, 0.2) is 18.2 Å². The second-order valence-corrected chi connectivity index (χ2v) is 4.09.